The minimum absolute atomic E-state index is 0.0219. The maximum atomic E-state index is 6.18. The Hall–Kier alpha value is -2.73. The Kier molecular flexibility index (Phi) is 6.33. The monoisotopic (exact) mass is 360 g/mol. The van der Waals surface area contributed by atoms with E-state index in [0.29, 0.717) is 18.0 Å². The second kappa shape index (κ2) is 9.10. The first-order valence-corrected chi connectivity index (χ1v) is 9.00. The van der Waals surface area contributed by atoms with Gasteiger partial charge in [-0.05, 0) is 29.3 Å². The van der Waals surface area contributed by atoms with Crippen LogP contribution in [0.3, 0.4) is 0 Å². The summed E-state index contributed by atoms with van der Waals surface area (Å²) >= 11 is 6.18. The van der Waals surface area contributed by atoms with Gasteiger partial charge in [0.2, 0.25) is 0 Å². The van der Waals surface area contributed by atoms with Crippen LogP contribution in [0.4, 0.5) is 5.69 Å². The summed E-state index contributed by atoms with van der Waals surface area (Å²) < 4.78 is 0. The molecule has 0 unspecified atom stereocenters. The first-order chi connectivity index (χ1) is 12.8. The maximum absolute atomic E-state index is 6.18. The molecule has 2 nitrogen and oxygen atoms in total. The summed E-state index contributed by atoms with van der Waals surface area (Å²) in [4.78, 5) is 0. The Balaban J connectivity index is 1.99. The SMILES string of the molecule is NCCC#Cc1cc(Cl)ccc1NC(c1ccccc1)c1ccccc1. The van der Waals surface area contributed by atoms with E-state index >= 15 is 0 Å². The van der Waals surface area contributed by atoms with Gasteiger partial charge in [-0.1, -0.05) is 84.1 Å². The summed E-state index contributed by atoms with van der Waals surface area (Å²) in [7, 11) is 0. The van der Waals surface area contributed by atoms with Gasteiger partial charge >= 0.3 is 0 Å². The minimum atomic E-state index is 0.0219. The molecule has 3 aromatic carbocycles. The van der Waals surface area contributed by atoms with Crippen molar-refractivity contribution in [2.75, 3.05) is 11.9 Å². The average molecular weight is 361 g/mol. The zero-order valence-corrected chi connectivity index (χ0v) is 15.2. The molecule has 3 rings (SSSR count). The van der Waals surface area contributed by atoms with Crippen molar-refractivity contribution < 1.29 is 0 Å². The van der Waals surface area contributed by atoms with Gasteiger partial charge < -0.3 is 11.1 Å². The predicted molar refractivity (Wildman–Crippen MR) is 110 cm³/mol. The van der Waals surface area contributed by atoms with Crippen molar-refractivity contribution in [3.05, 3.63) is 101 Å². The highest BCUT2D eigenvalue weighted by Crippen LogP contribution is 2.29. The minimum Gasteiger partial charge on any atom is -0.373 e. The largest absolute Gasteiger partial charge is 0.373 e. The first-order valence-electron chi connectivity index (χ1n) is 8.63. The van der Waals surface area contributed by atoms with Gasteiger partial charge in [0.05, 0.1) is 11.7 Å². The number of nitrogens with one attached hydrogen (secondary N) is 1. The van der Waals surface area contributed by atoms with Crippen molar-refractivity contribution in [1.29, 1.82) is 0 Å². The molecule has 0 bridgehead atoms. The molecule has 3 heteroatoms. The van der Waals surface area contributed by atoms with E-state index in [1.807, 2.05) is 30.3 Å². The molecule has 0 radical (unpaired) electrons. The Bertz CT molecular complexity index is 856. The van der Waals surface area contributed by atoms with Gasteiger partial charge in [-0.15, -0.1) is 0 Å². The number of rotatable bonds is 5. The van der Waals surface area contributed by atoms with E-state index in [1.54, 1.807) is 0 Å². The molecule has 130 valence electrons. The number of nitrogens with two attached hydrogens (primary N) is 1. The molecule has 0 amide bonds. The van der Waals surface area contributed by atoms with Crippen LogP contribution < -0.4 is 11.1 Å². The predicted octanol–water partition coefficient (Wildman–Crippen LogP) is 5.24. The number of hydrogen-bond acceptors (Lipinski definition) is 2. The van der Waals surface area contributed by atoms with Gasteiger partial charge in [-0.2, -0.15) is 0 Å². The van der Waals surface area contributed by atoms with Crippen molar-refractivity contribution in [2.24, 2.45) is 5.73 Å². The van der Waals surface area contributed by atoms with E-state index in [4.69, 9.17) is 17.3 Å². The van der Waals surface area contributed by atoms with Crippen LogP contribution in [0, 0.1) is 11.8 Å². The highest BCUT2D eigenvalue weighted by Gasteiger charge is 2.15. The second-order valence-corrected chi connectivity index (χ2v) is 6.37. The van der Waals surface area contributed by atoms with Gasteiger partial charge in [0, 0.05) is 23.6 Å². The third-order valence-corrected chi connectivity index (χ3v) is 4.27. The van der Waals surface area contributed by atoms with Crippen molar-refractivity contribution >= 4 is 17.3 Å². The van der Waals surface area contributed by atoms with Crippen LogP contribution in [0.15, 0.2) is 78.9 Å². The fraction of sp³-hybridized carbons (Fsp3) is 0.130. The molecule has 0 atom stereocenters. The highest BCUT2D eigenvalue weighted by molar-refractivity contribution is 6.30. The Morgan fingerprint density at radius 1 is 0.885 bits per heavy atom. The van der Waals surface area contributed by atoms with Gasteiger partial charge in [-0.25, -0.2) is 0 Å². The number of benzene rings is 3. The van der Waals surface area contributed by atoms with Gasteiger partial charge in [0.25, 0.3) is 0 Å². The summed E-state index contributed by atoms with van der Waals surface area (Å²) in [5.74, 6) is 6.28. The zero-order chi connectivity index (χ0) is 18.2. The van der Waals surface area contributed by atoms with Crippen molar-refractivity contribution in [1.82, 2.24) is 0 Å². The second-order valence-electron chi connectivity index (χ2n) is 5.93. The smallest absolute Gasteiger partial charge is 0.0767 e. The summed E-state index contributed by atoms with van der Waals surface area (Å²) in [5.41, 5.74) is 9.76. The van der Waals surface area contributed by atoms with E-state index in [-0.39, 0.29) is 6.04 Å². The molecule has 0 aliphatic heterocycles. The lowest BCUT2D eigenvalue weighted by molar-refractivity contribution is 0.938. The molecular formula is C23H21ClN2. The lowest BCUT2D eigenvalue weighted by atomic mass is 9.98. The van der Waals surface area contributed by atoms with Crippen LogP contribution in [0.25, 0.3) is 0 Å². The maximum Gasteiger partial charge on any atom is 0.0767 e. The van der Waals surface area contributed by atoms with E-state index in [0.717, 1.165) is 11.3 Å². The van der Waals surface area contributed by atoms with Crippen LogP contribution >= 0.6 is 11.6 Å². The molecule has 0 heterocycles. The molecule has 0 saturated heterocycles. The van der Waals surface area contributed by atoms with Gasteiger partial charge in [-0.3, -0.25) is 0 Å². The third-order valence-electron chi connectivity index (χ3n) is 4.04. The lowest BCUT2D eigenvalue weighted by Crippen LogP contribution is -2.13. The van der Waals surface area contributed by atoms with E-state index in [2.05, 4.69) is 65.7 Å². The summed E-state index contributed by atoms with van der Waals surface area (Å²) in [6, 6.07) is 26.5. The summed E-state index contributed by atoms with van der Waals surface area (Å²) in [6.45, 7) is 0.549. The Morgan fingerprint density at radius 2 is 1.50 bits per heavy atom. The zero-order valence-electron chi connectivity index (χ0n) is 14.5. The molecule has 0 aromatic heterocycles. The van der Waals surface area contributed by atoms with E-state index < -0.39 is 0 Å². The molecular weight excluding hydrogens is 340 g/mol. The Morgan fingerprint density at radius 3 is 2.08 bits per heavy atom. The normalized spacial score (nSPS) is 10.3. The third kappa shape index (κ3) is 4.67. The van der Waals surface area contributed by atoms with Crippen LogP contribution in [0.5, 0.6) is 0 Å². The van der Waals surface area contributed by atoms with Crippen molar-refractivity contribution in [3.63, 3.8) is 0 Å². The molecule has 0 saturated carbocycles. The molecule has 0 spiro atoms. The van der Waals surface area contributed by atoms with Gasteiger partial charge in [0.15, 0.2) is 0 Å². The van der Waals surface area contributed by atoms with Crippen molar-refractivity contribution in [2.45, 2.75) is 12.5 Å². The Labute approximate surface area is 160 Å². The van der Waals surface area contributed by atoms with Crippen molar-refractivity contribution in [3.8, 4) is 11.8 Å². The molecule has 0 fully saturated rings. The van der Waals surface area contributed by atoms with Crippen LogP contribution in [0.1, 0.15) is 29.2 Å². The molecule has 26 heavy (non-hydrogen) atoms. The fourth-order valence-electron chi connectivity index (χ4n) is 2.78. The number of anilines is 1. The quantitative estimate of drug-likeness (QED) is 0.610. The number of halogens is 1. The summed E-state index contributed by atoms with van der Waals surface area (Å²) in [6.07, 6.45) is 0.659. The van der Waals surface area contributed by atoms with Crippen LogP contribution in [-0.4, -0.2) is 6.54 Å². The average Bonchev–Trinajstić information content (AvgIpc) is 2.69. The lowest BCUT2D eigenvalue weighted by Gasteiger charge is -2.22. The first kappa shape index (κ1) is 18.1. The highest BCUT2D eigenvalue weighted by atomic mass is 35.5. The van der Waals surface area contributed by atoms with Crippen LogP contribution in [0.2, 0.25) is 5.02 Å². The van der Waals surface area contributed by atoms with Gasteiger partial charge in [0.1, 0.15) is 0 Å². The molecule has 3 N–H and O–H groups in total. The molecule has 0 aliphatic carbocycles. The molecule has 0 aliphatic rings. The summed E-state index contributed by atoms with van der Waals surface area (Å²) in [5, 5.41) is 4.31. The van der Waals surface area contributed by atoms with E-state index in [9.17, 15) is 0 Å². The van der Waals surface area contributed by atoms with Crippen LogP contribution in [-0.2, 0) is 0 Å². The topological polar surface area (TPSA) is 38.0 Å². The molecule has 3 aromatic rings. The fourth-order valence-corrected chi connectivity index (χ4v) is 2.95. The van der Waals surface area contributed by atoms with E-state index in [1.165, 1.54) is 11.1 Å². The standard InChI is InChI=1S/C23H21ClN2/c24-21-14-15-22(20(17-21)13-7-8-16-25)26-23(18-9-3-1-4-10-18)19-11-5-2-6-12-19/h1-6,9-12,14-15,17,23,26H,8,16,25H2. The number of hydrogen-bond donors (Lipinski definition) is 2.